The topological polar surface area (TPSA) is 20.2 Å². The molecule has 16 heavy (non-hydrogen) atoms. The summed E-state index contributed by atoms with van der Waals surface area (Å²) in [5.74, 6) is 1.57. The van der Waals surface area contributed by atoms with E-state index in [2.05, 4.69) is 39.0 Å². The van der Waals surface area contributed by atoms with Gasteiger partial charge in [0.2, 0.25) is 0 Å². The van der Waals surface area contributed by atoms with Crippen molar-refractivity contribution in [2.24, 2.45) is 5.92 Å². The maximum absolute atomic E-state index is 10.4. The fraction of sp³-hybridized carbons (Fsp3) is 0.571. The fourth-order valence-electron chi connectivity index (χ4n) is 2.28. The lowest BCUT2D eigenvalue weighted by Crippen LogP contribution is -2.25. The van der Waals surface area contributed by atoms with E-state index >= 15 is 0 Å². The summed E-state index contributed by atoms with van der Waals surface area (Å²) in [5, 5.41) is 10.7. The van der Waals surface area contributed by atoms with Crippen molar-refractivity contribution in [2.45, 2.75) is 44.3 Å². The summed E-state index contributed by atoms with van der Waals surface area (Å²) in [6.07, 6.45) is 0.750. The van der Waals surface area contributed by atoms with Crippen LogP contribution >= 0.6 is 11.8 Å². The van der Waals surface area contributed by atoms with Crippen molar-refractivity contribution >= 4 is 11.8 Å². The Balaban J connectivity index is 2.34. The Labute approximate surface area is 102 Å². The van der Waals surface area contributed by atoms with Gasteiger partial charge in [0.05, 0.1) is 6.10 Å². The summed E-state index contributed by atoms with van der Waals surface area (Å²) in [6, 6.07) is 6.55. The first-order chi connectivity index (χ1) is 7.63. The molecule has 1 aliphatic rings. The van der Waals surface area contributed by atoms with Crippen LogP contribution < -0.4 is 0 Å². The lowest BCUT2D eigenvalue weighted by atomic mass is 9.93. The van der Waals surface area contributed by atoms with Gasteiger partial charge in [-0.2, -0.15) is 11.8 Å². The number of hydrogen-bond acceptors (Lipinski definition) is 2. The van der Waals surface area contributed by atoms with Crippen LogP contribution in [0.15, 0.2) is 18.2 Å². The van der Waals surface area contributed by atoms with Gasteiger partial charge in [-0.3, -0.25) is 0 Å². The number of rotatable bonds is 2. The molecule has 1 nitrogen and oxygen atoms in total. The highest BCUT2D eigenvalue weighted by Crippen LogP contribution is 2.41. The van der Waals surface area contributed by atoms with Gasteiger partial charge in [-0.05, 0) is 29.0 Å². The van der Waals surface area contributed by atoms with Gasteiger partial charge in [-0.25, -0.2) is 0 Å². The van der Waals surface area contributed by atoms with Crippen LogP contribution in [0.4, 0.5) is 0 Å². The van der Waals surface area contributed by atoms with Crippen LogP contribution in [0, 0.1) is 5.92 Å². The van der Waals surface area contributed by atoms with Gasteiger partial charge in [-0.1, -0.05) is 39.0 Å². The second-order valence-electron chi connectivity index (χ2n) is 4.85. The minimum absolute atomic E-state index is 0.291. The molecule has 2 unspecified atom stereocenters. The zero-order valence-electron chi connectivity index (χ0n) is 10.2. The first kappa shape index (κ1) is 12.0. The third-order valence-corrected chi connectivity index (χ3v) is 5.00. The van der Waals surface area contributed by atoms with Crippen LogP contribution in [0.3, 0.4) is 0 Å². The zero-order valence-corrected chi connectivity index (χ0v) is 11.1. The number of hydrogen-bond donors (Lipinski definition) is 1. The SMILES string of the molecule is CCc1ccc2c(c1)C(O)C(C(C)C)SC2. The number of fused-ring (bicyclic) bond motifs is 1. The van der Waals surface area contributed by atoms with Gasteiger partial charge in [0, 0.05) is 11.0 Å². The summed E-state index contributed by atoms with van der Waals surface area (Å²) in [5.41, 5.74) is 3.80. The Hall–Kier alpha value is -0.470. The van der Waals surface area contributed by atoms with Gasteiger partial charge < -0.3 is 5.11 Å². The van der Waals surface area contributed by atoms with Gasteiger partial charge in [0.1, 0.15) is 0 Å². The van der Waals surface area contributed by atoms with E-state index in [0.29, 0.717) is 11.2 Å². The molecule has 88 valence electrons. The minimum atomic E-state index is -0.291. The van der Waals surface area contributed by atoms with Crippen molar-refractivity contribution in [2.75, 3.05) is 0 Å². The number of thioether (sulfide) groups is 1. The van der Waals surface area contributed by atoms with Crippen LogP contribution in [-0.4, -0.2) is 10.4 Å². The Morgan fingerprint density at radius 2 is 2.19 bits per heavy atom. The molecular weight excluding hydrogens is 216 g/mol. The summed E-state index contributed by atoms with van der Waals surface area (Å²) >= 11 is 1.89. The molecule has 2 heteroatoms. The van der Waals surface area contributed by atoms with E-state index in [9.17, 15) is 5.11 Å². The average Bonchev–Trinajstić information content (AvgIpc) is 2.28. The Morgan fingerprint density at radius 1 is 1.44 bits per heavy atom. The monoisotopic (exact) mass is 236 g/mol. The van der Waals surface area contributed by atoms with E-state index in [0.717, 1.165) is 17.7 Å². The maximum Gasteiger partial charge on any atom is 0.0914 e. The van der Waals surface area contributed by atoms with E-state index in [1.54, 1.807) is 0 Å². The molecule has 0 aromatic heterocycles. The molecule has 0 spiro atoms. The van der Waals surface area contributed by atoms with Crippen LogP contribution in [0.2, 0.25) is 0 Å². The Bertz CT molecular complexity index is 373. The highest BCUT2D eigenvalue weighted by atomic mass is 32.2. The van der Waals surface area contributed by atoms with E-state index in [1.165, 1.54) is 11.1 Å². The standard InChI is InChI=1S/C14H20OS/c1-4-10-5-6-11-8-16-14(9(2)3)13(15)12(11)7-10/h5-7,9,13-15H,4,8H2,1-3H3. The second kappa shape index (κ2) is 4.80. The van der Waals surface area contributed by atoms with Crippen molar-refractivity contribution in [3.8, 4) is 0 Å². The minimum Gasteiger partial charge on any atom is -0.387 e. The zero-order chi connectivity index (χ0) is 11.7. The number of aliphatic hydroxyl groups is 1. The molecule has 0 saturated carbocycles. The fourth-order valence-corrected chi connectivity index (χ4v) is 3.63. The molecule has 0 radical (unpaired) electrons. The normalized spacial score (nSPS) is 24.6. The molecule has 1 aliphatic heterocycles. The molecule has 0 saturated heterocycles. The maximum atomic E-state index is 10.4. The third kappa shape index (κ3) is 2.14. The van der Waals surface area contributed by atoms with Crippen molar-refractivity contribution in [3.05, 3.63) is 34.9 Å². The lowest BCUT2D eigenvalue weighted by Gasteiger charge is -2.32. The molecule has 2 atom stereocenters. The van der Waals surface area contributed by atoms with Crippen molar-refractivity contribution in [1.82, 2.24) is 0 Å². The van der Waals surface area contributed by atoms with Crippen LogP contribution in [0.5, 0.6) is 0 Å². The number of aryl methyl sites for hydroxylation is 1. The summed E-state index contributed by atoms with van der Waals surface area (Å²) in [4.78, 5) is 0. The average molecular weight is 236 g/mol. The van der Waals surface area contributed by atoms with E-state index in [1.807, 2.05) is 11.8 Å². The largest absolute Gasteiger partial charge is 0.387 e. The van der Waals surface area contributed by atoms with Crippen molar-refractivity contribution < 1.29 is 5.11 Å². The predicted molar refractivity (Wildman–Crippen MR) is 70.7 cm³/mol. The second-order valence-corrected chi connectivity index (χ2v) is 6.02. The molecule has 0 bridgehead atoms. The molecule has 1 heterocycles. The molecule has 1 aromatic carbocycles. The molecule has 0 aliphatic carbocycles. The number of aliphatic hydroxyl groups excluding tert-OH is 1. The smallest absolute Gasteiger partial charge is 0.0914 e. The molecule has 1 N–H and O–H groups in total. The molecule has 2 rings (SSSR count). The quantitative estimate of drug-likeness (QED) is 0.847. The van der Waals surface area contributed by atoms with Gasteiger partial charge in [0.25, 0.3) is 0 Å². The van der Waals surface area contributed by atoms with Crippen LogP contribution in [0.25, 0.3) is 0 Å². The van der Waals surface area contributed by atoms with E-state index in [4.69, 9.17) is 0 Å². The summed E-state index contributed by atoms with van der Waals surface area (Å²) in [6.45, 7) is 6.54. The molecule has 0 amide bonds. The van der Waals surface area contributed by atoms with Crippen LogP contribution in [-0.2, 0) is 12.2 Å². The van der Waals surface area contributed by atoms with Crippen molar-refractivity contribution in [3.63, 3.8) is 0 Å². The first-order valence-corrected chi connectivity index (χ1v) is 7.09. The third-order valence-electron chi connectivity index (χ3n) is 3.34. The van der Waals surface area contributed by atoms with Gasteiger partial charge in [0.15, 0.2) is 0 Å². The van der Waals surface area contributed by atoms with E-state index in [-0.39, 0.29) is 6.10 Å². The predicted octanol–water partition coefficient (Wildman–Crippen LogP) is 3.55. The first-order valence-electron chi connectivity index (χ1n) is 6.04. The van der Waals surface area contributed by atoms with Crippen LogP contribution in [0.1, 0.15) is 43.6 Å². The molecule has 0 fully saturated rings. The Kier molecular flexibility index (Phi) is 3.60. The highest BCUT2D eigenvalue weighted by Gasteiger charge is 2.30. The Morgan fingerprint density at radius 3 is 2.81 bits per heavy atom. The van der Waals surface area contributed by atoms with Crippen molar-refractivity contribution in [1.29, 1.82) is 0 Å². The molecule has 1 aromatic rings. The molecular formula is C14H20OS. The summed E-state index contributed by atoms with van der Waals surface area (Å²) in [7, 11) is 0. The van der Waals surface area contributed by atoms with Gasteiger partial charge >= 0.3 is 0 Å². The van der Waals surface area contributed by atoms with Gasteiger partial charge in [-0.15, -0.1) is 0 Å². The summed E-state index contributed by atoms with van der Waals surface area (Å²) < 4.78 is 0. The lowest BCUT2D eigenvalue weighted by molar-refractivity contribution is 0.155. The highest BCUT2D eigenvalue weighted by molar-refractivity contribution is 7.99. The van der Waals surface area contributed by atoms with E-state index < -0.39 is 0 Å². The number of benzene rings is 1.